The van der Waals surface area contributed by atoms with Crippen molar-refractivity contribution >= 4 is 21.6 Å². The van der Waals surface area contributed by atoms with Crippen LogP contribution in [0.2, 0.25) is 0 Å². The first-order chi connectivity index (χ1) is 10.3. The lowest BCUT2D eigenvalue weighted by molar-refractivity contribution is 0.614. The first kappa shape index (κ1) is 12.9. The van der Waals surface area contributed by atoms with E-state index in [9.17, 15) is 0 Å². The Morgan fingerprint density at radius 2 is 2.14 bits per heavy atom. The zero-order valence-corrected chi connectivity index (χ0v) is 12.4. The van der Waals surface area contributed by atoms with Crippen molar-refractivity contribution in [3.8, 4) is 11.4 Å². The third-order valence-corrected chi connectivity index (χ3v) is 4.89. The molecule has 5 heteroatoms. The quantitative estimate of drug-likeness (QED) is 0.698. The molecule has 0 fully saturated rings. The van der Waals surface area contributed by atoms with Gasteiger partial charge in [-0.25, -0.2) is 9.97 Å². The third kappa shape index (κ3) is 2.32. The maximum absolute atomic E-state index is 6.20. The molecule has 4 rings (SSSR count). The maximum Gasteiger partial charge on any atom is 0.161 e. The van der Waals surface area contributed by atoms with Crippen LogP contribution in [0.3, 0.4) is 0 Å². The van der Waals surface area contributed by atoms with Gasteiger partial charge in [0.2, 0.25) is 0 Å². The molecular weight excluding hydrogens is 280 g/mol. The van der Waals surface area contributed by atoms with E-state index in [2.05, 4.69) is 21.4 Å². The molecule has 0 amide bonds. The summed E-state index contributed by atoms with van der Waals surface area (Å²) in [5.74, 6) is 0.755. The molecule has 3 aromatic rings. The second-order valence-corrected chi connectivity index (χ2v) is 6.42. The Bertz CT molecular complexity index is 796. The van der Waals surface area contributed by atoms with Gasteiger partial charge in [-0.3, -0.25) is 4.98 Å². The van der Waals surface area contributed by atoms with Gasteiger partial charge in [-0.1, -0.05) is 6.42 Å². The van der Waals surface area contributed by atoms with Crippen LogP contribution in [0.25, 0.3) is 21.6 Å². The molecule has 0 spiro atoms. The Labute approximate surface area is 127 Å². The second kappa shape index (κ2) is 5.16. The highest BCUT2D eigenvalue weighted by Crippen LogP contribution is 2.28. The maximum atomic E-state index is 6.20. The number of nitrogens with two attached hydrogens (primary N) is 1. The Balaban J connectivity index is 1.79. The van der Waals surface area contributed by atoms with Crippen LogP contribution in [0.1, 0.15) is 36.6 Å². The molecule has 2 N–H and O–H groups in total. The average molecular weight is 296 g/mol. The first-order valence-corrected chi connectivity index (χ1v) is 8.14. The topological polar surface area (TPSA) is 64.7 Å². The van der Waals surface area contributed by atoms with E-state index in [-0.39, 0.29) is 6.04 Å². The predicted molar refractivity (Wildman–Crippen MR) is 85.1 cm³/mol. The third-order valence-electron chi connectivity index (χ3n) is 4.04. The average Bonchev–Trinajstić information content (AvgIpc) is 2.90. The largest absolute Gasteiger partial charge is 0.324 e. The van der Waals surface area contributed by atoms with Gasteiger partial charge in [-0.2, -0.15) is 0 Å². The van der Waals surface area contributed by atoms with Crippen LogP contribution >= 0.6 is 11.3 Å². The SMILES string of the molecule is NC1CCCCc2nc(-c3cnc4ccsc4c3)ncc21. The minimum Gasteiger partial charge on any atom is -0.324 e. The highest BCUT2D eigenvalue weighted by atomic mass is 32.1. The number of aryl methyl sites for hydroxylation is 1. The predicted octanol–water partition coefficient (Wildman–Crippen LogP) is 3.48. The number of nitrogens with zero attached hydrogens (tertiary/aromatic N) is 3. The van der Waals surface area contributed by atoms with Crippen molar-refractivity contribution in [2.45, 2.75) is 31.7 Å². The van der Waals surface area contributed by atoms with Gasteiger partial charge in [0.1, 0.15) is 0 Å². The van der Waals surface area contributed by atoms with E-state index in [1.807, 2.05) is 18.5 Å². The van der Waals surface area contributed by atoms with Crippen LogP contribution in [0, 0.1) is 0 Å². The lowest BCUT2D eigenvalue weighted by Gasteiger charge is -2.12. The summed E-state index contributed by atoms with van der Waals surface area (Å²) in [5, 5.41) is 2.05. The fraction of sp³-hybridized carbons (Fsp3) is 0.312. The molecule has 3 aromatic heterocycles. The van der Waals surface area contributed by atoms with Gasteiger partial charge < -0.3 is 5.73 Å². The smallest absolute Gasteiger partial charge is 0.161 e. The van der Waals surface area contributed by atoms with Crippen LogP contribution in [-0.2, 0) is 6.42 Å². The first-order valence-electron chi connectivity index (χ1n) is 7.26. The van der Waals surface area contributed by atoms with Crippen molar-refractivity contribution in [2.24, 2.45) is 5.73 Å². The van der Waals surface area contributed by atoms with Crippen LogP contribution in [-0.4, -0.2) is 15.0 Å². The summed E-state index contributed by atoms with van der Waals surface area (Å²) in [6.07, 6.45) is 8.10. The summed E-state index contributed by atoms with van der Waals surface area (Å²) >= 11 is 1.69. The van der Waals surface area contributed by atoms with Crippen molar-refractivity contribution in [1.29, 1.82) is 0 Å². The zero-order chi connectivity index (χ0) is 14.2. The molecule has 4 nitrogen and oxygen atoms in total. The fourth-order valence-electron chi connectivity index (χ4n) is 2.86. The van der Waals surface area contributed by atoms with E-state index >= 15 is 0 Å². The Morgan fingerprint density at radius 3 is 3.10 bits per heavy atom. The minimum atomic E-state index is 0.0782. The van der Waals surface area contributed by atoms with Gasteiger partial charge in [0, 0.05) is 35.3 Å². The van der Waals surface area contributed by atoms with Crippen molar-refractivity contribution in [1.82, 2.24) is 15.0 Å². The van der Waals surface area contributed by atoms with Crippen molar-refractivity contribution in [2.75, 3.05) is 0 Å². The van der Waals surface area contributed by atoms with E-state index in [1.54, 1.807) is 11.3 Å². The summed E-state index contributed by atoms with van der Waals surface area (Å²) in [5.41, 5.74) is 10.4. The standard InChI is InChI=1S/C16H16N4S/c17-12-3-1-2-4-13-11(12)9-19-16(20-13)10-7-15-14(18-8-10)5-6-21-15/h5-9,12H,1-4,17H2. The molecule has 1 aliphatic rings. The van der Waals surface area contributed by atoms with E-state index in [1.165, 1.54) is 4.70 Å². The van der Waals surface area contributed by atoms with E-state index < -0.39 is 0 Å². The van der Waals surface area contributed by atoms with Crippen LogP contribution in [0.4, 0.5) is 0 Å². The number of fused-ring (bicyclic) bond motifs is 2. The molecule has 21 heavy (non-hydrogen) atoms. The lowest BCUT2D eigenvalue weighted by atomic mass is 10.1. The van der Waals surface area contributed by atoms with E-state index in [0.29, 0.717) is 0 Å². The van der Waals surface area contributed by atoms with E-state index in [4.69, 9.17) is 10.7 Å². The van der Waals surface area contributed by atoms with Gasteiger partial charge in [0.15, 0.2) is 5.82 Å². The molecule has 1 aliphatic carbocycles. The summed E-state index contributed by atoms with van der Waals surface area (Å²) in [7, 11) is 0. The summed E-state index contributed by atoms with van der Waals surface area (Å²) in [4.78, 5) is 13.7. The van der Waals surface area contributed by atoms with Crippen molar-refractivity contribution in [3.05, 3.63) is 41.2 Å². The second-order valence-electron chi connectivity index (χ2n) is 5.48. The Morgan fingerprint density at radius 1 is 1.19 bits per heavy atom. The molecule has 106 valence electrons. The molecule has 0 bridgehead atoms. The fourth-order valence-corrected chi connectivity index (χ4v) is 3.64. The monoisotopic (exact) mass is 296 g/mol. The molecular formula is C16H16N4S. The number of pyridine rings is 1. The van der Waals surface area contributed by atoms with Crippen LogP contribution in [0.15, 0.2) is 29.9 Å². The molecule has 0 radical (unpaired) electrons. The molecule has 0 saturated heterocycles. The van der Waals surface area contributed by atoms with Crippen molar-refractivity contribution in [3.63, 3.8) is 0 Å². The Hall–Kier alpha value is -1.85. The summed E-state index contributed by atoms with van der Waals surface area (Å²) in [6, 6.07) is 4.22. The van der Waals surface area contributed by atoms with Gasteiger partial charge in [0.05, 0.1) is 10.2 Å². The minimum absolute atomic E-state index is 0.0782. The molecule has 1 unspecified atom stereocenters. The highest BCUT2D eigenvalue weighted by Gasteiger charge is 2.18. The lowest BCUT2D eigenvalue weighted by Crippen LogP contribution is -2.12. The van der Waals surface area contributed by atoms with Gasteiger partial charge >= 0.3 is 0 Å². The van der Waals surface area contributed by atoms with Gasteiger partial charge in [-0.15, -0.1) is 11.3 Å². The van der Waals surface area contributed by atoms with Gasteiger partial charge in [-0.05, 0) is 36.8 Å². The molecule has 3 heterocycles. The summed E-state index contributed by atoms with van der Waals surface area (Å²) in [6.45, 7) is 0. The molecule has 0 saturated carbocycles. The number of aromatic nitrogens is 3. The van der Waals surface area contributed by atoms with Crippen LogP contribution < -0.4 is 5.73 Å². The van der Waals surface area contributed by atoms with Crippen molar-refractivity contribution < 1.29 is 0 Å². The molecule has 0 aromatic carbocycles. The normalized spacial score (nSPS) is 18.4. The molecule has 1 atom stereocenters. The zero-order valence-electron chi connectivity index (χ0n) is 11.6. The number of thiophene rings is 1. The number of hydrogen-bond acceptors (Lipinski definition) is 5. The van der Waals surface area contributed by atoms with Crippen LogP contribution in [0.5, 0.6) is 0 Å². The molecule has 0 aliphatic heterocycles. The number of hydrogen-bond donors (Lipinski definition) is 1. The highest BCUT2D eigenvalue weighted by molar-refractivity contribution is 7.17. The number of rotatable bonds is 1. The van der Waals surface area contributed by atoms with Gasteiger partial charge in [0.25, 0.3) is 0 Å². The summed E-state index contributed by atoms with van der Waals surface area (Å²) < 4.78 is 1.17. The Kier molecular flexibility index (Phi) is 3.16. The van der Waals surface area contributed by atoms with E-state index in [0.717, 1.165) is 53.8 Å².